The number of esters is 5. The van der Waals surface area contributed by atoms with Gasteiger partial charge in [0.05, 0.1) is 67.8 Å². The molecule has 0 spiro atoms. The molecular weight excluding hydrogens is 1890 g/mol. The van der Waals surface area contributed by atoms with Crippen LogP contribution in [-0.2, 0) is 97.5 Å². The lowest BCUT2D eigenvalue weighted by atomic mass is 9.81. The molecule has 0 amide bonds. The third-order valence-corrected chi connectivity index (χ3v) is 27.2. The molecule has 0 fully saturated rings. The molecule has 22 rings (SSSR count). The molecule has 0 saturated heterocycles. The van der Waals surface area contributed by atoms with Crippen molar-refractivity contribution < 1.29 is 110 Å². The van der Waals surface area contributed by atoms with E-state index in [1.807, 2.05) is 183 Å². The van der Waals surface area contributed by atoms with Gasteiger partial charge in [0.2, 0.25) is 0 Å². The fourth-order valence-electron chi connectivity index (χ4n) is 20.1. The van der Waals surface area contributed by atoms with Crippen molar-refractivity contribution in [1.29, 1.82) is 0 Å². The van der Waals surface area contributed by atoms with E-state index in [0.29, 0.717) is 40.0 Å². The van der Waals surface area contributed by atoms with Gasteiger partial charge in [0.25, 0.3) is 6.47 Å². The molecule has 0 heterocycles. The Kier molecular flexibility index (Phi) is 32.0. The van der Waals surface area contributed by atoms with Crippen molar-refractivity contribution in [2.24, 2.45) is 0 Å². The van der Waals surface area contributed by atoms with Crippen molar-refractivity contribution in [2.75, 3.05) is 92.9 Å². The Hall–Kier alpha value is -16.9. The third-order valence-electron chi connectivity index (χ3n) is 27.2. The lowest BCUT2D eigenvalue weighted by molar-refractivity contribution is -0.322. The van der Waals surface area contributed by atoms with Gasteiger partial charge in [0.1, 0.15) is 75.2 Å². The van der Waals surface area contributed by atoms with E-state index in [2.05, 4.69) is 139 Å². The van der Waals surface area contributed by atoms with Crippen LogP contribution in [-0.4, -0.2) is 141 Å². The number of benzene rings is 18. The first-order valence-electron chi connectivity index (χ1n) is 50.1. The molecule has 18 aromatic carbocycles. The van der Waals surface area contributed by atoms with Crippen LogP contribution in [0.5, 0.6) is 17.2 Å². The van der Waals surface area contributed by atoms with Crippen molar-refractivity contribution in [3.63, 3.8) is 0 Å². The molecule has 0 aliphatic heterocycles. The van der Waals surface area contributed by atoms with Crippen molar-refractivity contribution in [3.05, 3.63) is 435 Å². The summed E-state index contributed by atoms with van der Waals surface area (Å²) >= 11 is 0. The normalized spacial score (nSPS) is 13.1. The monoisotopic (exact) mass is 2000 g/mol. The zero-order chi connectivity index (χ0) is 103. The lowest BCUT2D eigenvalue weighted by Crippen LogP contribution is -2.20. The fourth-order valence-corrected chi connectivity index (χ4v) is 20.1. The Morgan fingerprint density at radius 2 is 0.847 bits per heavy atom. The van der Waals surface area contributed by atoms with E-state index < -0.39 is 36.0 Å². The van der Waals surface area contributed by atoms with E-state index >= 15 is 0 Å². The van der Waals surface area contributed by atoms with Gasteiger partial charge in [-0.25, -0.2) is 33.7 Å². The molecule has 4 aliphatic carbocycles. The van der Waals surface area contributed by atoms with E-state index in [1.54, 1.807) is 42.5 Å². The highest BCUT2D eigenvalue weighted by Crippen LogP contribution is 2.47. The molecule has 18 aromatic rings. The largest absolute Gasteiger partial charge is 0.468 e. The number of fused-ring (bicyclic) bond motifs is 4. The van der Waals surface area contributed by atoms with Crippen LogP contribution in [0.2, 0.25) is 0 Å². The summed E-state index contributed by atoms with van der Waals surface area (Å²) in [7, 11) is 0. The number of ether oxygens (including phenoxy) is 12. The fraction of sp³-hybridized carbons (Fsp3) is 0.189. The Bertz CT molecular complexity index is 8120. The summed E-state index contributed by atoms with van der Waals surface area (Å²) in [4.78, 5) is 111. The first kappa shape index (κ1) is 100. The number of hydrogen-bond donors (Lipinski definition) is 0. The third kappa shape index (κ3) is 22.6. The van der Waals surface area contributed by atoms with E-state index in [1.165, 1.54) is 77.9 Å². The first-order chi connectivity index (χ1) is 73.7. The molecule has 4 aliphatic rings. The Morgan fingerprint density at radius 1 is 0.347 bits per heavy atom. The van der Waals surface area contributed by atoms with E-state index in [4.69, 9.17) is 71.7 Å². The van der Waals surface area contributed by atoms with Gasteiger partial charge >= 0.3 is 35.8 Å². The highest BCUT2D eigenvalue weighted by Gasteiger charge is 2.30. The van der Waals surface area contributed by atoms with Crippen LogP contribution in [0.1, 0.15) is 140 Å². The molecule has 0 N–H and O–H groups in total. The highest BCUT2D eigenvalue weighted by molar-refractivity contribution is 6.25. The minimum absolute atomic E-state index is 0.000143. The first-order valence-corrected chi connectivity index (χ1v) is 50.1. The molecule has 23 heteroatoms. The zero-order valence-corrected chi connectivity index (χ0v) is 82.6. The molecule has 3 atom stereocenters. The summed E-state index contributed by atoms with van der Waals surface area (Å²) in [6.07, 6.45) is 15.5. The van der Waals surface area contributed by atoms with Crippen LogP contribution in [0.4, 0.5) is 0 Å². The molecule has 0 aromatic heterocycles. The standard InChI is InChI=1S/C46H40O10.C46H36O9.C35H30O4/c47-31-52-21-20-50-24-27-55-56-44(42-38-16-5-1-10-32(38)28-33-11-2-6-17-39(33)42)36-14-9-15-37(30-36)45(48)53-25-22-51-23-26-54-46(49)43-40-18-7-3-12-34(40)29-35-13-4-8-19-41(35)43;47-44(36-21-17-32-13-11-28-5-3-7-30-15-19-34(36)42(32)40(28)30)51-24-23-50-27-53-39-10-2-1-9-38(39)46(49)55-54-26-25-52-45(48)37-22-18-33-14-12-29-6-4-8-31-16-20-35(37)43(33)41(29)31;1-23(37-22-38-28-11-7-4-8-12-28)21-33(36)39-32-20-16-27-14-18-30-29(24(2)25-9-5-3-6-10-25)17-13-26-15-19-31(32)35(27)34(26)30/h1-19,28-31,44H,20-27H2;1-6,9-12,15-22H,7-8,13-14,23-27H2;3-20,23-24H,21-22H2,1-2H3. The summed E-state index contributed by atoms with van der Waals surface area (Å²) in [6.45, 7) is 5.15. The predicted molar refractivity (Wildman–Crippen MR) is 576 cm³/mol. The quantitative estimate of drug-likeness (QED) is 0.00329. The molecule has 0 saturated carbocycles. The van der Waals surface area contributed by atoms with Crippen LogP contribution in [0.3, 0.4) is 0 Å². The summed E-state index contributed by atoms with van der Waals surface area (Å²) in [5.74, 6) is -1.21. The lowest BCUT2D eigenvalue weighted by Gasteiger charge is -2.23. The highest BCUT2D eigenvalue weighted by atomic mass is 17.2. The number of para-hydroxylation sites is 2. The number of carbonyl (C=O) groups excluding carboxylic acids is 7. The molecular formula is C127H106O23. The second-order valence-electron chi connectivity index (χ2n) is 36.5. The van der Waals surface area contributed by atoms with Gasteiger partial charge in [0, 0.05) is 22.3 Å². The SMILES string of the molecule is CC(CC(=O)Oc1ccc2ccc3c(C(C)c4ccccc4)ccc4ccc1c2c43)OCOc1ccccc1.O=C(OOCCOC(=O)c1ccc2c3c4c(ccc13)CC=CC4=CC2)c1ccccc1OCOCCOC(=O)c1ccc2c3c4c(ccc13)CC=CC4=CC2.O=COCCOCCOOC(c1cccc(C(=O)OCCOCCOC(=O)c2c3ccccc3cc3ccccc23)c1)c1c2ccccc2cc2ccccc12. The molecule has 3 unspecified atom stereocenters. The van der Waals surface area contributed by atoms with Crippen molar-refractivity contribution in [1.82, 2.24) is 0 Å². The summed E-state index contributed by atoms with van der Waals surface area (Å²) < 4.78 is 66.4. The van der Waals surface area contributed by atoms with Gasteiger partial charge in [-0.05, 0) is 253 Å². The van der Waals surface area contributed by atoms with Crippen molar-refractivity contribution in [3.8, 4) is 17.2 Å². The van der Waals surface area contributed by atoms with E-state index in [0.717, 1.165) is 118 Å². The van der Waals surface area contributed by atoms with E-state index in [9.17, 15) is 33.6 Å². The molecule has 0 radical (unpaired) electrons. The Morgan fingerprint density at radius 3 is 1.48 bits per heavy atom. The smallest absolute Gasteiger partial charge is 0.376 e. The van der Waals surface area contributed by atoms with Crippen LogP contribution in [0, 0.1) is 0 Å². The minimum Gasteiger partial charge on any atom is -0.468 e. The summed E-state index contributed by atoms with van der Waals surface area (Å²) in [5, 5.41) is 18.4. The topological polar surface area (TPSA) is 267 Å². The molecule has 150 heavy (non-hydrogen) atoms. The van der Waals surface area contributed by atoms with Gasteiger partial charge in [-0.2, -0.15) is 4.89 Å². The predicted octanol–water partition coefficient (Wildman–Crippen LogP) is 25.3. The zero-order valence-electron chi connectivity index (χ0n) is 82.6. The van der Waals surface area contributed by atoms with Gasteiger partial charge < -0.3 is 56.8 Å². The second-order valence-corrected chi connectivity index (χ2v) is 36.5. The van der Waals surface area contributed by atoms with Gasteiger partial charge in [-0.1, -0.05) is 286 Å². The number of rotatable bonds is 41. The summed E-state index contributed by atoms with van der Waals surface area (Å²) in [6, 6.07) is 102. The number of carbonyl (C=O) groups is 7. The van der Waals surface area contributed by atoms with Crippen LogP contribution in [0.25, 0.3) is 108 Å². The minimum atomic E-state index is -0.785. The van der Waals surface area contributed by atoms with Crippen LogP contribution < -0.4 is 14.2 Å². The van der Waals surface area contributed by atoms with Crippen LogP contribution in [0.15, 0.2) is 352 Å². The van der Waals surface area contributed by atoms with E-state index in [-0.39, 0.29) is 129 Å². The van der Waals surface area contributed by atoms with Crippen molar-refractivity contribution in [2.45, 2.75) is 64.1 Å². The summed E-state index contributed by atoms with van der Waals surface area (Å²) in [5.41, 5.74) is 15.8. The van der Waals surface area contributed by atoms with Crippen molar-refractivity contribution >= 4 is 150 Å². The molecule has 0 bridgehead atoms. The average molecular weight is 2000 g/mol. The molecule has 752 valence electrons. The maximum atomic E-state index is 13.3. The Labute approximate surface area is 864 Å². The van der Waals surface area contributed by atoms with Gasteiger partial charge in [-0.15, -0.1) is 0 Å². The number of allylic oxidation sites excluding steroid dienone is 8. The second kappa shape index (κ2) is 47.8. The maximum Gasteiger partial charge on any atom is 0.376 e. The van der Waals surface area contributed by atoms with Gasteiger partial charge in [0.15, 0.2) is 13.6 Å². The average Bonchev–Trinajstić information content (AvgIpc) is 0.727. The van der Waals surface area contributed by atoms with Gasteiger partial charge in [-0.3, -0.25) is 14.5 Å². The van der Waals surface area contributed by atoms with Crippen LogP contribution >= 0.6 is 0 Å². The Balaban J connectivity index is 0.000000138. The maximum absolute atomic E-state index is 13.3. The number of hydrogen-bond acceptors (Lipinski definition) is 23. The molecule has 23 nitrogen and oxygen atoms in total.